The molecule has 0 bridgehead atoms. The molecular weight excluding hydrogens is 360 g/mol. The van der Waals surface area contributed by atoms with Crippen LogP contribution < -0.4 is 9.64 Å². The minimum absolute atomic E-state index is 0.0396. The van der Waals surface area contributed by atoms with Gasteiger partial charge in [-0.3, -0.25) is 9.59 Å². The van der Waals surface area contributed by atoms with E-state index in [-0.39, 0.29) is 36.8 Å². The number of aliphatic hydroxyl groups excluding tert-OH is 1. The molecule has 7 heteroatoms. The average molecular weight is 384 g/mol. The fraction of sp³-hybridized carbons (Fsp3) is 0.333. The van der Waals surface area contributed by atoms with Crippen LogP contribution in [0, 0.1) is 0 Å². The monoisotopic (exact) mass is 384 g/mol. The third-order valence-corrected chi connectivity index (χ3v) is 4.82. The Morgan fingerprint density at radius 1 is 1.14 bits per heavy atom. The first kappa shape index (κ1) is 19.7. The number of carbonyl (C=O) groups is 2. The van der Waals surface area contributed by atoms with E-state index < -0.39 is 0 Å². The summed E-state index contributed by atoms with van der Waals surface area (Å²) in [6.07, 6.45) is 0.678. The van der Waals surface area contributed by atoms with Crippen molar-refractivity contribution in [3.8, 4) is 11.5 Å². The number of phenolic OH excluding ortho intramolecular Hbond substituents is 1. The molecular formula is C21H24N2O5. The van der Waals surface area contributed by atoms with Crippen LogP contribution in [-0.2, 0) is 16.2 Å². The molecule has 1 aliphatic heterocycles. The van der Waals surface area contributed by atoms with Gasteiger partial charge in [-0.2, -0.15) is 0 Å². The number of anilines is 1. The third kappa shape index (κ3) is 4.61. The number of rotatable bonds is 6. The summed E-state index contributed by atoms with van der Waals surface area (Å²) in [7, 11) is 0. The van der Waals surface area contributed by atoms with Crippen LogP contribution >= 0.6 is 0 Å². The SMILES string of the molecule is CC(=O)N(c1ccc(O)cc1)C1CCN(C(=O)COc2ccc(CO)cc2)C1. The summed E-state index contributed by atoms with van der Waals surface area (Å²) in [4.78, 5) is 28.0. The Kier molecular flexibility index (Phi) is 6.16. The number of ether oxygens (including phenoxy) is 1. The van der Waals surface area contributed by atoms with Gasteiger partial charge in [0.15, 0.2) is 6.61 Å². The van der Waals surface area contributed by atoms with Crippen LogP contribution in [0.5, 0.6) is 11.5 Å². The van der Waals surface area contributed by atoms with Gasteiger partial charge in [-0.05, 0) is 48.4 Å². The molecule has 1 aliphatic rings. The van der Waals surface area contributed by atoms with Crippen LogP contribution in [0.3, 0.4) is 0 Å². The lowest BCUT2D eigenvalue weighted by Crippen LogP contribution is -2.42. The Labute approximate surface area is 163 Å². The Hall–Kier alpha value is -3.06. The molecule has 1 saturated heterocycles. The van der Waals surface area contributed by atoms with Crippen LogP contribution in [0.4, 0.5) is 5.69 Å². The van der Waals surface area contributed by atoms with Gasteiger partial charge in [-0.15, -0.1) is 0 Å². The molecule has 1 atom stereocenters. The van der Waals surface area contributed by atoms with E-state index in [2.05, 4.69) is 0 Å². The van der Waals surface area contributed by atoms with Crippen molar-refractivity contribution in [2.75, 3.05) is 24.6 Å². The van der Waals surface area contributed by atoms with E-state index in [9.17, 15) is 14.7 Å². The van der Waals surface area contributed by atoms with Gasteiger partial charge >= 0.3 is 0 Å². The summed E-state index contributed by atoms with van der Waals surface area (Å²) < 4.78 is 5.54. The molecule has 0 radical (unpaired) electrons. The highest BCUT2D eigenvalue weighted by Gasteiger charge is 2.32. The average Bonchev–Trinajstić information content (AvgIpc) is 3.17. The number of benzene rings is 2. The van der Waals surface area contributed by atoms with E-state index in [1.54, 1.807) is 58.3 Å². The molecule has 3 rings (SSSR count). The Balaban J connectivity index is 1.58. The largest absolute Gasteiger partial charge is 0.508 e. The zero-order valence-electron chi connectivity index (χ0n) is 15.7. The van der Waals surface area contributed by atoms with Gasteiger partial charge in [0.05, 0.1) is 12.6 Å². The van der Waals surface area contributed by atoms with E-state index in [1.807, 2.05) is 0 Å². The number of carbonyl (C=O) groups excluding carboxylic acids is 2. The van der Waals surface area contributed by atoms with Gasteiger partial charge in [-0.25, -0.2) is 0 Å². The van der Waals surface area contributed by atoms with Crippen molar-refractivity contribution in [3.05, 3.63) is 54.1 Å². The summed E-state index contributed by atoms with van der Waals surface area (Å²) in [5.74, 6) is 0.462. The summed E-state index contributed by atoms with van der Waals surface area (Å²) in [6, 6.07) is 13.3. The Morgan fingerprint density at radius 2 is 1.82 bits per heavy atom. The molecule has 1 fully saturated rings. The predicted octanol–water partition coefficient (Wildman–Crippen LogP) is 1.92. The first-order valence-electron chi connectivity index (χ1n) is 9.17. The predicted molar refractivity (Wildman–Crippen MR) is 104 cm³/mol. The van der Waals surface area contributed by atoms with Gasteiger partial charge in [0.1, 0.15) is 11.5 Å². The third-order valence-electron chi connectivity index (χ3n) is 4.82. The van der Waals surface area contributed by atoms with Crippen molar-refractivity contribution in [3.63, 3.8) is 0 Å². The van der Waals surface area contributed by atoms with E-state index in [1.165, 1.54) is 6.92 Å². The number of aromatic hydroxyl groups is 1. The zero-order valence-corrected chi connectivity index (χ0v) is 15.7. The van der Waals surface area contributed by atoms with Crippen LogP contribution in [0.1, 0.15) is 18.9 Å². The van der Waals surface area contributed by atoms with Crippen LogP contribution in [0.25, 0.3) is 0 Å². The lowest BCUT2D eigenvalue weighted by Gasteiger charge is -2.28. The molecule has 7 nitrogen and oxygen atoms in total. The quantitative estimate of drug-likeness (QED) is 0.794. The molecule has 0 spiro atoms. The maximum atomic E-state index is 12.5. The number of aliphatic hydroxyl groups is 1. The number of amides is 2. The van der Waals surface area contributed by atoms with Crippen molar-refractivity contribution >= 4 is 17.5 Å². The molecule has 0 aromatic heterocycles. The molecule has 28 heavy (non-hydrogen) atoms. The number of hydrogen-bond acceptors (Lipinski definition) is 5. The van der Waals surface area contributed by atoms with E-state index >= 15 is 0 Å². The highest BCUT2D eigenvalue weighted by atomic mass is 16.5. The second-order valence-electron chi connectivity index (χ2n) is 6.78. The summed E-state index contributed by atoms with van der Waals surface area (Å²) >= 11 is 0. The van der Waals surface area contributed by atoms with Crippen LogP contribution in [0.2, 0.25) is 0 Å². The molecule has 2 N–H and O–H groups in total. The van der Waals surface area contributed by atoms with E-state index in [0.29, 0.717) is 30.9 Å². The normalized spacial score (nSPS) is 16.1. The standard InChI is InChI=1S/C21H24N2O5/c1-15(25)23(17-4-6-19(26)7-5-17)18-10-11-22(12-18)21(27)14-28-20-8-2-16(13-24)3-9-20/h2-9,18,24,26H,10-14H2,1H3. The number of likely N-dealkylation sites (tertiary alicyclic amines) is 1. The maximum Gasteiger partial charge on any atom is 0.260 e. The fourth-order valence-electron chi connectivity index (χ4n) is 3.37. The summed E-state index contributed by atoms with van der Waals surface area (Å²) in [5.41, 5.74) is 1.48. The van der Waals surface area contributed by atoms with E-state index in [4.69, 9.17) is 9.84 Å². The second kappa shape index (κ2) is 8.75. The zero-order chi connectivity index (χ0) is 20.1. The lowest BCUT2D eigenvalue weighted by molar-refractivity contribution is -0.132. The Morgan fingerprint density at radius 3 is 2.43 bits per heavy atom. The van der Waals surface area contributed by atoms with Crippen LogP contribution in [0.15, 0.2) is 48.5 Å². The van der Waals surface area contributed by atoms with Crippen LogP contribution in [-0.4, -0.2) is 52.7 Å². The van der Waals surface area contributed by atoms with E-state index in [0.717, 1.165) is 5.56 Å². The lowest BCUT2D eigenvalue weighted by atomic mass is 10.1. The topological polar surface area (TPSA) is 90.3 Å². The van der Waals surface area contributed by atoms with Crippen molar-refractivity contribution in [2.45, 2.75) is 26.0 Å². The minimum atomic E-state index is -0.136. The molecule has 148 valence electrons. The van der Waals surface area contributed by atoms with Gasteiger partial charge in [0.25, 0.3) is 5.91 Å². The molecule has 2 aromatic carbocycles. The molecule has 0 aliphatic carbocycles. The minimum Gasteiger partial charge on any atom is -0.508 e. The maximum absolute atomic E-state index is 12.5. The fourth-order valence-corrected chi connectivity index (χ4v) is 3.37. The van der Waals surface area contributed by atoms with Crippen molar-refractivity contribution < 1.29 is 24.5 Å². The molecule has 0 saturated carbocycles. The number of nitrogens with zero attached hydrogens (tertiary/aromatic N) is 2. The van der Waals surface area contributed by atoms with Crippen molar-refractivity contribution in [2.24, 2.45) is 0 Å². The second-order valence-corrected chi connectivity index (χ2v) is 6.78. The molecule has 1 heterocycles. The first-order chi connectivity index (χ1) is 13.5. The molecule has 2 amide bonds. The smallest absolute Gasteiger partial charge is 0.260 e. The first-order valence-corrected chi connectivity index (χ1v) is 9.17. The highest BCUT2D eigenvalue weighted by molar-refractivity contribution is 5.92. The van der Waals surface area contributed by atoms with Gasteiger partial charge in [-0.1, -0.05) is 12.1 Å². The van der Waals surface area contributed by atoms with Gasteiger partial charge < -0.3 is 24.7 Å². The molecule has 2 aromatic rings. The number of phenols is 1. The summed E-state index contributed by atoms with van der Waals surface area (Å²) in [5, 5.41) is 18.5. The highest BCUT2D eigenvalue weighted by Crippen LogP contribution is 2.25. The van der Waals surface area contributed by atoms with Gasteiger partial charge in [0.2, 0.25) is 5.91 Å². The van der Waals surface area contributed by atoms with Gasteiger partial charge in [0, 0.05) is 25.7 Å². The number of hydrogen-bond donors (Lipinski definition) is 2. The van der Waals surface area contributed by atoms with Crippen molar-refractivity contribution in [1.82, 2.24) is 4.90 Å². The van der Waals surface area contributed by atoms with Crippen molar-refractivity contribution in [1.29, 1.82) is 0 Å². The molecule has 1 unspecified atom stereocenters. The summed E-state index contributed by atoms with van der Waals surface area (Å²) in [6.45, 7) is 2.37. The Bertz CT molecular complexity index is 820.